The first kappa shape index (κ1) is 12.3. The van der Waals surface area contributed by atoms with Gasteiger partial charge in [-0.15, -0.1) is 0 Å². The van der Waals surface area contributed by atoms with E-state index in [1.54, 1.807) is 17.4 Å². The molecule has 90 valence electrons. The third-order valence-electron chi connectivity index (χ3n) is 2.95. The van der Waals surface area contributed by atoms with Gasteiger partial charge in [0.1, 0.15) is 5.82 Å². The second-order valence-corrected chi connectivity index (χ2v) is 5.01. The molecule has 0 fully saturated rings. The zero-order valence-electron chi connectivity index (χ0n) is 10.0. The molecule has 1 unspecified atom stereocenters. The number of hydrogen-bond acceptors (Lipinski definition) is 2. The number of benzene rings is 1. The second-order valence-electron chi connectivity index (χ2n) is 4.23. The molecule has 0 aliphatic rings. The van der Waals surface area contributed by atoms with E-state index in [1.807, 2.05) is 13.0 Å². The lowest BCUT2D eigenvalue weighted by atomic mass is 10.1. The average Bonchev–Trinajstić information content (AvgIpc) is 2.81. The molecule has 1 nitrogen and oxygen atoms in total. The van der Waals surface area contributed by atoms with Crippen molar-refractivity contribution in [2.75, 3.05) is 0 Å². The Morgan fingerprint density at radius 1 is 1.35 bits per heavy atom. The first-order chi connectivity index (χ1) is 8.16. The minimum Gasteiger partial charge on any atom is -0.306 e. The van der Waals surface area contributed by atoms with E-state index in [2.05, 4.69) is 29.1 Å². The number of rotatable bonds is 4. The van der Waals surface area contributed by atoms with Gasteiger partial charge in [-0.25, -0.2) is 4.39 Å². The fraction of sp³-hybridized carbons (Fsp3) is 0.286. The van der Waals surface area contributed by atoms with Crippen LogP contribution in [0.2, 0.25) is 0 Å². The van der Waals surface area contributed by atoms with Crippen LogP contribution in [0.4, 0.5) is 4.39 Å². The molecule has 1 atom stereocenters. The van der Waals surface area contributed by atoms with Gasteiger partial charge < -0.3 is 5.32 Å². The van der Waals surface area contributed by atoms with E-state index in [1.165, 1.54) is 11.6 Å². The summed E-state index contributed by atoms with van der Waals surface area (Å²) in [5, 5.41) is 7.67. The summed E-state index contributed by atoms with van der Waals surface area (Å²) in [5.41, 5.74) is 3.44. The van der Waals surface area contributed by atoms with Gasteiger partial charge in [0.2, 0.25) is 0 Å². The minimum absolute atomic E-state index is 0.169. The maximum atomic E-state index is 13.0. The summed E-state index contributed by atoms with van der Waals surface area (Å²) < 4.78 is 13.0. The molecule has 2 rings (SSSR count). The van der Waals surface area contributed by atoms with E-state index in [0.717, 1.165) is 17.7 Å². The zero-order valence-corrected chi connectivity index (χ0v) is 10.9. The molecule has 0 aliphatic carbocycles. The topological polar surface area (TPSA) is 12.0 Å². The van der Waals surface area contributed by atoms with Crippen LogP contribution >= 0.6 is 11.3 Å². The van der Waals surface area contributed by atoms with E-state index >= 15 is 0 Å². The number of halogens is 1. The maximum Gasteiger partial charge on any atom is 0.123 e. The van der Waals surface area contributed by atoms with Gasteiger partial charge in [0, 0.05) is 12.6 Å². The normalized spacial score (nSPS) is 12.6. The predicted molar refractivity (Wildman–Crippen MR) is 70.7 cm³/mol. The van der Waals surface area contributed by atoms with Gasteiger partial charge >= 0.3 is 0 Å². The highest BCUT2D eigenvalue weighted by Crippen LogP contribution is 2.17. The molecule has 1 N–H and O–H groups in total. The van der Waals surface area contributed by atoms with Crippen molar-refractivity contribution in [2.24, 2.45) is 0 Å². The Hall–Kier alpha value is -1.19. The van der Waals surface area contributed by atoms with Crippen molar-refractivity contribution < 1.29 is 4.39 Å². The molecular weight excluding hydrogens is 233 g/mol. The van der Waals surface area contributed by atoms with Crippen LogP contribution in [0.3, 0.4) is 0 Å². The Morgan fingerprint density at radius 2 is 2.18 bits per heavy atom. The molecule has 0 spiro atoms. The molecule has 1 heterocycles. The lowest BCUT2D eigenvalue weighted by Crippen LogP contribution is -2.18. The fourth-order valence-corrected chi connectivity index (χ4v) is 2.51. The monoisotopic (exact) mass is 249 g/mol. The molecule has 0 saturated carbocycles. The van der Waals surface area contributed by atoms with E-state index in [0.29, 0.717) is 6.04 Å². The first-order valence-electron chi connectivity index (χ1n) is 5.67. The molecule has 0 aliphatic heterocycles. The molecule has 2 aromatic rings. The standard InChI is InChI=1S/C14H16FNS/c1-10-7-14(15)4-3-12(10)8-16-11(2)13-5-6-17-9-13/h3-7,9,11,16H,8H2,1-2H3. The summed E-state index contributed by atoms with van der Waals surface area (Å²) in [6.45, 7) is 4.85. The average molecular weight is 249 g/mol. The quantitative estimate of drug-likeness (QED) is 0.862. The van der Waals surface area contributed by atoms with E-state index in [9.17, 15) is 4.39 Å². The predicted octanol–water partition coefficient (Wildman–Crippen LogP) is 4.05. The highest BCUT2D eigenvalue weighted by atomic mass is 32.1. The Kier molecular flexibility index (Phi) is 3.92. The van der Waals surface area contributed by atoms with Gasteiger partial charge in [0.05, 0.1) is 0 Å². The van der Waals surface area contributed by atoms with Crippen LogP contribution in [-0.4, -0.2) is 0 Å². The Morgan fingerprint density at radius 3 is 2.82 bits per heavy atom. The van der Waals surface area contributed by atoms with Gasteiger partial charge in [0.25, 0.3) is 0 Å². The van der Waals surface area contributed by atoms with Gasteiger partial charge in [-0.1, -0.05) is 6.07 Å². The molecule has 0 amide bonds. The largest absolute Gasteiger partial charge is 0.306 e. The molecule has 0 bridgehead atoms. The summed E-state index contributed by atoms with van der Waals surface area (Å²) in [6, 6.07) is 7.38. The van der Waals surface area contributed by atoms with Crippen molar-refractivity contribution >= 4 is 11.3 Å². The molecule has 1 aromatic carbocycles. The Bertz CT molecular complexity index is 479. The second kappa shape index (κ2) is 5.43. The highest BCUT2D eigenvalue weighted by Gasteiger charge is 2.06. The summed E-state index contributed by atoms with van der Waals surface area (Å²) in [4.78, 5) is 0. The van der Waals surface area contributed by atoms with Crippen LogP contribution in [0, 0.1) is 12.7 Å². The molecule has 0 saturated heterocycles. The highest BCUT2D eigenvalue weighted by molar-refractivity contribution is 7.07. The van der Waals surface area contributed by atoms with Crippen LogP contribution in [0.1, 0.15) is 29.7 Å². The minimum atomic E-state index is -0.169. The van der Waals surface area contributed by atoms with Crippen LogP contribution in [0.15, 0.2) is 35.0 Å². The third kappa shape index (κ3) is 3.14. The molecular formula is C14H16FNS. The summed E-state index contributed by atoms with van der Waals surface area (Å²) in [6.07, 6.45) is 0. The van der Waals surface area contributed by atoms with E-state index < -0.39 is 0 Å². The Labute approximate surface area is 105 Å². The fourth-order valence-electron chi connectivity index (χ4n) is 1.76. The van der Waals surface area contributed by atoms with Crippen LogP contribution in [0.25, 0.3) is 0 Å². The zero-order chi connectivity index (χ0) is 12.3. The first-order valence-corrected chi connectivity index (χ1v) is 6.61. The molecule has 17 heavy (non-hydrogen) atoms. The number of hydrogen-bond donors (Lipinski definition) is 1. The number of aryl methyl sites for hydroxylation is 1. The smallest absolute Gasteiger partial charge is 0.123 e. The SMILES string of the molecule is Cc1cc(F)ccc1CNC(C)c1ccsc1. The third-order valence-corrected chi connectivity index (χ3v) is 3.65. The van der Waals surface area contributed by atoms with E-state index in [-0.39, 0.29) is 5.82 Å². The van der Waals surface area contributed by atoms with Crippen LogP contribution in [-0.2, 0) is 6.54 Å². The van der Waals surface area contributed by atoms with Crippen LogP contribution < -0.4 is 5.32 Å². The number of thiophene rings is 1. The van der Waals surface area contributed by atoms with Crippen molar-refractivity contribution in [1.82, 2.24) is 5.32 Å². The summed E-state index contributed by atoms with van der Waals surface area (Å²) in [5.74, 6) is -0.169. The van der Waals surface area contributed by atoms with Crippen LogP contribution in [0.5, 0.6) is 0 Å². The lowest BCUT2D eigenvalue weighted by molar-refractivity contribution is 0.572. The van der Waals surface area contributed by atoms with Crippen molar-refractivity contribution in [2.45, 2.75) is 26.4 Å². The van der Waals surface area contributed by atoms with Crippen molar-refractivity contribution in [1.29, 1.82) is 0 Å². The van der Waals surface area contributed by atoms with Crippen molar-refractivity contribution in [3.63, 3.8) is 0 Å². The van der Waals surface area contributed by atoms with Gasteiger partial charge in [-0.2, -0.15) is 11.3 Å². The van der Waals surface area contributed by atoms with Gasteiger partial charge in [0.15, 0.2) is 0 Å². The molecule has 3 heteroatoms. The lowest BCUT2D eigenvalue weighted by Gasteiger charge is -2.13. The maximum absolute atomic E-state index is 13.0. The van der Waals surface area contributed by atoms with Gasteiger partial charge in [-0.05, 0) is 59.5 Å². The number of nitrogens with one attached hydrogen (secondary N) is 1. The van der Waals surface area contributed by atoms with Crippen molar-refractivity contribution in [3.05, 3.63) is 57.5 Å². The van der Waals surface area contributed by atoms with Crippen molar-refractivity contribution in [3.8, 4) is 0 Å². The van der Waals surface area contributed by atoms with Gasteiger partial charge in [-0.3, -0.25) is 0 Å². The molecule has 0 radical (unpaired) electrons. The molecule has 1 aromatic heterocycles. The summed E-state index contributed by atoms with van der Waals surface area (Å²) >= 11 is 1.71. The van der Waals surface area contributed by atoms with E-state index in [4.69, 9.17) is 0 Å². The Balaban J connectivity index is 1.98. The summed E-state index contributed by atoms with van der Waals surface area (Å²) in [7, 11) is 0.